The number of carbonyl (C=O) groups excluding carboxylic acids is 1. The maximum atomic E-state index is 11.4. The second kappa shape index (κ2) is 20.8. The van der Waals surface area contributed by atoms with Crippen molar-refractivity contribution in [1.29, 1.82) is 0 Å². The van der Waals surface area contributed by atoms with Gasteiger partial charge in [0.25, 0.3) is 0 Å². The first-order valence-electron chi connectivity index (χ1n) is 14.8. The van der Waals surface area contributed by atoms with Crippen LogP contribution in [0, 0.1) is 0 Å². The van der Waals surface area contributed by atoms with Crippen molar-refractivity contribution in [3.63, 3.8) is 0 Å². The summed E-state index contributed by atoms with van der Waals surface area (Å²) in [4.78, 5) is 11.4. The van der Waals surface area contributed by atoms with Gasteiger partial charge in [0.15, 0.2) is 0 Å². The first-order chi connectivity index (χ1) is 19.2. The van der Waals surface area contributed by atoms with Crippen molar-refractivity contribution < 1.29 is 23.7 Å². The maximum Gasteiger partial charge on any atom is 0.305 e. The molecular weight excluding hydrogens is 492 g/mol. The van der Waals surface area contributed by atoms with Crippen LogP contribution in [0.15, 0.2) is 52.7 Å². The van der Waals surface area contributed by atoms with E-state index in [1.165, 1.54) is 44.9 Å². The third-order valence-electron chi connectivity index (χ3n) is 6.38. The fraction of sp³-hybridized carbons (Fsp3) is 0.594. The number of ether oxygens (including phenoxy) is 4. The van der Waals surface area contributed by atoms with Crippen LogP contribution in [-0.2, 0) is 9.53 Å². The van der Waals surface area contributed by atoms with Crippen LogP contribution in [0.1, 0.15) is 97.3 Å². The minimum atomic E-state index is -0.0769. The first-order valence-corrected chi connectivity index (χ1v) is 14.8. The molecule has 0 aliphatic carbocycles. The number of benzene rings is 2. The smallest absolute Gasteiger partial charge is 0.305 e. The van der Waals surface area contributed by atoms with E-state index in [0.717, 1.165) is 49.3 Å². The topological polar surface area (TPSA) is 78.7 Å². The number of azo groups is 1. The van der Waals surface area contributed by atoms with Gasteiger partial charge in [-0.1, -0.05) is 64.7 Å². The molecule has 0 heterocycles. The molecule has 39 heavy (non-hydrogen) atoms. The Morgan fingerprint density at radius 1 is 0.692 bits per heavy atom. The van der Waals surface area contributed by atoms with Gasteiger partial charge in [0.2, 0.25) is 0 Å². The van der Waals surface area contributed by atoms with Gasteiger partial charge in [-0.25, -0.2) is 0 Å². The average molecular weight is 541 g/mol. The van der Waals surface area contributed by atoms with E-state index in [9.17, 15) is 4.79 Å². The highest BCUT2D eigenvalue weighted by Gasteiger charge is 2.07. The SMILES string of the molecule is CCCCCCOc1ccc(N=Nc2ccc(OC)cc2)c(OCCCCCCCCCCC(=O)OCC)c1. The van der Waals surface area contributed by atoms with E-state index in [1.54, 1.807) is 7.11 Å². The lowest BCUT2D eigenvalue weighted by molar-refractivity contribution is -0.143. The number of hydrogen-bond donors (Lipinski definition) is 0. The second-order valence-corrected chi connectivity index (χ2v) is 9.67. The van der Waals surface area contributed by atoms with E-state index in [2.05, 4.69) is 17.2 Å². The molecule has 2 aromatic carbocycles. The van der Waals surface area contributed by atoms with Gasteiger partial charge in [0.05, 0.1) is 32.6 Å². The van der Waals surface area contributed by atoms with Crippen molar-refractivity contribution in [2.24, 2.45) is 10.2 Å². The highest BCUT2D eigenvalue weighted by molar-refractivity contribution is 5.69. The number of methoxy groups -OCH3 is 1. The average Bonchev–Trinajstić information content (AvgIpc) is 2.95. The van der Waals surface area contributed by atoms with Crippen molar-refractivity contribution in [2.45, 2.75) is 97.3 Å². The van der Waals surface area contributed by atoms with E-state index in [4.69, 9.17) is 18.9 Å². The molecule has 2 rings (SSSR count). The third kappa shape index (κ3) is 14.6. The van der Waals surface area contributed by atoms with Crippen LogP contribution in [-0.4, -0.2) is 32.9 Å². The quantitative estimate of drug-likeness (QED) is 0.0844. The molecule has 0 radical (unpaired) electrons. The molecule has 0 saturated heterocycles. The summed E-state index contributed by atoms with van der Waals surface area (Å²) in [6.07, 6.45) is 14.1. The monoisotopic (exact) mass is 540 g/mol. The third-order valence-corrected chi connectivity index (χ3v) is 6.38. The molecule has 0 aliphatic rings. The van der Waals surface area contributed by atoms with Crippen molar-refractivity contribution in [3.8, 4) is 17.2 Å². The van der Waals surface area contributed by atoms with Crippen molar-refractivity contribution in [2.75, 3.05) is 26.9 Å². The zero-order valence-corrected chi connectivity index (χ0v) is 24.3. The van der Waals surface area contributed by atoms with Crippen LogP contribution in [0.5, 0.6) is 17.2 Å². The highest BCUT2D eigenvalue weighted by atomic mass is 16.5. The summed E-state index contributed by atoms with van der Waals surface area (Å²) in [5.41, 5.74) is 1.44. The van der Waals surface area contributed by atoms with Crippen LogP contribution >= 0.6 is 0 Å². The van der Waals surface area contributed by atoms with Gasteiger partial charge >= 0.3 is 5.97 Å². The predicted molar refractivity (Wildman–Crippen MR) is 157 cm³/mol. The van der Waals surface area contributed by atoms with Gasteiger partial charge in [-0.05, 0) is 62.6 Å². The molecule has 0 unspecified atom stereocenters. The highest BCUT2D eigenvalue weighted by Crippen LogP contribution is 2.34. The number of unbranched alkanes of at least 4 members (excludes halogenated alkanes) is 10. The molecule has 0 amide bonds. The van der Waals surface area contributed by atoms with Gasteiger partial charge in [-0.15, -0.1) is 5.11 Å². The van der Waals surface area contributed by atoms with Gasteiger partial charge in [0.1, 0.15) is 22.9 Å². The molecule has 0 N–H and O–H groups in total. The lowest BCUT2D eigenvalue weighted by Gasteiger charge is -2.12. The predicted octanol–water partition coefficient (Wildman–Crippen LogP) is 9.52. The molecule has 7 heteroatoms. The largest absolute Gasteiger partial charge is 0.497 e. The Morgan fingerprint density at radius 2 is 1.31 bits per heavy atom. The van der Waals surface area contributed by atoms with Crippen molar-refractivity contribution in [1.82, 2.24) is 0 Å². The molecule has 2 aromatic rings. The van der Waals surface area contributed by atoms with Crippen molar-refractivity contribution >= 4 is 17.3 Å². The van der Waals surface area contributed by atoms with Crippen LogP contribution in [0.4, 0.5) is 11.4 Å². The van der Waals surface area contributed by atoms with Crippen LogP contribution in [0.2, 0.25) is 0 Å². The molecule has 0 saturated carbocycles. The summed E-state index contributed by atoms with van der Waals surface area (Å²) in [6.45, 7) is 5.86. The Bertz CT molecular complexity index is 946. The van der Waals surface area contributed by atoms with E-state index in [-0.39, 0.29) is 5.97 Å². The Hall–Kier alpha value is -3.09. The fourth-order valence-electron chi connectivity index (χ4n) is 4.11. The number of hydrogen-bond acceptors (Lipinski definition) is 7. The number of esters is 1. The Balaban J connectivity index is 1.78. The molecule has 0 aromatic heterocycles. The second-order valence-electron chi connectivity index (χ2n) is 9.67. The molecule has 216 valence electrons. The summed E-state index contributed by atoms with van der Waals surface area (Å²) < 4.78 is 22.3. The number of rotatable bonds is 22. The Morgan fingerprint density at radius 3 is 1.97 bits per heavy atom. The van der Waals surface area contributed by atoms with Crippen LogP contribution in [0.25, 0.3) is 0 Å². The van der Waals surface area contributed by atoms with Gasteiger partial charge < -0.3 is 18.9 Å². The Labute approximate surface area is 235 Å². The number of carbonyl (C=O) groups is 1. The standard InChI is InChI=1S/C32H48N2O5/c1-4-6-7-15-24-38-29-22-23-30(34-33-27-18-20-28(36-3)21-19-27)31(26-29)39-25-16-13-11-9-8-10-12-14-17-32(35)37-5-2/h18-23,26H,4-17,24-25H2,1-3H3. The summed E-state index contributed by atoms with van der Waals surface area (Å²) in [5.74, 6) is 2.20. The van der Waals surface area contributed by atoms with E-state index < -0.39 is 0 Å². The first kappa shape index (κ1) is 32.1. The summed E-state index contributed by atoms with van der Waals surface area (Å²) >= 11 is 0. The summed E-state index contributed by atoms with van der Waals surface area (Å²) in [5, 5.41) is 8.83. The molecular formula is C32H48N2O5. The minimum Gasteiger partial charge on any atom is -0.497 e. The zero-order valence-electron chi connectivity index (χ0n) is 24.3. The summed E-state index contributed by atoms with van der Waals surface area (Å²) in [6, 6.07) is 13.2. The van der Waals surface area contributed by atoms with Crippen LogP contribution < -0.4 is 14.2 Å². The maximum absolute atomic E-state index is 11.4. The summed E-state index contributed by atoms with van der Waals surface area (Å²) in [7, 11) is 1.64. The molecule has 0 spiro atoms. The van der Waals surface area contributed by atoms with Crippen molar-refractivity contribution in [3.05, 3.63) is 42.5 Å². The zero-order chi connectivity index (χ0) is 28.0. The molecule has 0 aliphatic heterocycles. The molecule has 0 bridgehead atoms. The van der Waals surface area contributed by atoms with Gasteiger partial charge in [0, 0.05) is 12.5 Å². The molecule has 0 fully saturated rings. The lowest BCUT2D eigenvalue weighted by Crippen LogP contribution is -2.03. The van der Waals surface area contributed by atoms with E-state index in [0.29, 0.717) is 37.7 Å². The minimum absolute atomic E-state index is 0.0769. The van der Waals surface area contributed by atoms with E-state index >= 15 is 0 Å². The number of nitrogens with zero attached hydrogens (tertiary/aromatic N) is 2. The van der Waals surface area contributed by atoms with Gasteiger partial charge in [-0.2, -0.15) is 5.11 Å². The lowest BCUT2D eigenvalue weighted by atomic mass is 10.1. The van der Waals surface area contributed by atoms with Crippen LogP contribution in [0.3, 0.4) is 0 Å². The Kier molecular flexibility index (Phi) is 17.1. The van der Waals surface area contributed by atoms with E-state index in [1.807, 2.05) is 49.4 Å². The normalized spacial score (nSPS) is 11.1. The van der Waals surface area contributed by atoms with Gasteiger partial charge in [-0.3, -0.25) is 4.79 Å². The molecule has 0 atom stereocenters. The molecule has 7 nitrogen and oxygen atoms in total. The fourth-order valence-corrected chi connectivity index (χ4v) is 4.11.